The maximum Gasteiger partial charge on any atom is 0.240 e. The minimum atomic E-state index is -0.467. The van der Waals surface area contributed by atoms with Gasteiger partial charge in [-0.05, 0) is 18.8 Å². The van der Waals surface area contributed by atoms with E-state index in [1.165, 1.54) is 0 Å². The molecule has 2 N–H and O–H groups in total. The number of carbonyl (C=O) groups excluding carboxylic acids is 2. The SMILES string of the molecule is CCC(=O)C1CCCN1C(=O)C(N)C(C)CC. The van der Waals surface area contributed by atoms with Crippen LogP contribution in [0.25, 0.3) is 0 Å². The third-order valence-corrected chi connectivity index (χ3v) is 3.80. The molecule has 4 nitrogen and oxygen atoms in total. The predicted octanol–water partition coefficient (Wildman–Crippen LogP) is 1.33. The second-order valence-corrected chi connectivity index (χ2v) is 4.92. The number of Topliss-reactive ketones (excluding diaryl/α,β-unsaturated/α-hetero) is 1. The molecule has 0 spiro atoms. The Kier molecular flexibility index (Phi) is 5.12. The van der Waals surface area contributed by atoms with Gasteiger partial charge in [0.15, 0.2) is 5.78 Å². The Bertz CT molecular complexity index is 291. The van der Waals surface area contributed by atoms with Crippen molar-refractivity contribution in [1.29, 1.82) is 0 Å². The van der Waals surface area contributed by atoms with Crippen molar-refractivity contribution in [3.8, 4) is 0 Å². The van der Waals surface area contributed by atoms with Crippen molar-refractivity contribution >= 4 is 11.7 Å². The highest BCUT2D eigenvalue weighted by Gasteiger charge is 2.36. The Balaban J connectivity index is 2.71. The van der Waals surface area contributed by atoms with E-state index in [9.17, 15) is 9.59 Å². The van der Waals surface area contributed by atoms with E-state index in [4.69, 9.17) is 5.73 Å². The first-order chi connectivity index (χ1) is 8.02. The molecule has 0 saturated carbocycles. The number of amides is 1. The zero-order valence-corrected chi connectivity index (χ0v) is 11.1. The molecule has 17 heavy (non-hydrogen) atoms. The van der Waals surface area contributed by atoms with Gasteiger partial charge >= 0.3 is 0 Å². The number of nitrogens with two attached hydrogens (primary N) is 1. The van der Waals surface area contributed by atoms with Gasteiger partial charge in [-0.25, -0.2) is 0 Å². The average molecular weight is 240 g/mol. The lowest BCUT2D eigenvalue weighted by Crippen LogP contribution is -2.50. The van der Waals surface area contributed by atoms with Crippen LogP contribution < -0.4 is 5.73 Å². The lowest BCUT2D eigenvalue weighted by Gasteiger charge is -2.28. The Morgan fingerprint density at radius 3 is 2.59 bits per heavy atom. The van der Waals surface area contributed by atoms with Gasteiger partial charge in [-0.1, -0.05) is 27.2 Å². The Labute approximate surface area is 104 Å². The van der Waals surface area contributed by atoms with Crippen LogP contribution in [-0.4, -0.2) is 35.2 Å². The lowest BCUT2D eigenvalue weighted by atomic mass is 9.98. The summed E-state index contributed by atoms with van der Waals surface area (Å²) in [6.45, 7) is 6.53. The minimum absolute atomic E-state index is 0.0522. The summed E-state index contributed by atoms with van der Waals surface area (Å²) in [5, 5.41) is 0. The number of hydrogen-bond acceptors (Lipinski definition) is 3. The lowest BCUT2D eigenvalue weighted by molar-refractivity contribution is -0.139. The molecular weight excluding hydrogens is 216 g/mol. The third kappa shape index (κ3) is 3.06. The van der Waals surface area contributed by atoms with E-state index in [-0.39, 0.29) is 23.7 Å². The van der Waals surface area contributed by atoms with Crippen LogP contribution in [0.15, 0.2) is 0 Å². The molecule has 1 aliphatic rings. The second-order valence-electron chi connectivity index (χ2n) is 4.92. The van der Waals surface area contributed by atoms with Crippen LogP contribution in [0.5, 0.6) is 0 Å². The first-order valence-corrected chi connectivity index (χ1v) is 6.61. The van der Waals surface area contributed by atoms with Crippen LogP contribution in [0.4, 0.5) is 0 Å². The van der Waals surface area contributed by atoms with Gasteiger partial charge in [-0.3, -0.25) is 9.59 Å². The Hall–Kier alpha value is -0.900. The molecule has 0 aromatic carbocycles. The molecule has 0 bridgehead atoms. The molecule has 3 atom stereocenters. The molecule has 1 rings (SSSR count). The summed E-state index contributed by atoms with van der Waals surface area (Å²) in [6.07, 6.45) is 3.08. The first-order valence-electron chi connectivity index (χ1n) is 6.61. The van der Waals surface area contributed by atoms with Crippen LogP contribution in [0.3, 0.4) is 0 Å². The molecule has 1 amide bonds. The normalized spacial score (nSPS) is 23.5. The van der Waals surface area contributed by atoms with Crippen molar-refractivity contribution in [2.75, 3.05) is 6.54 Å². The summed E-state index contributed by atoms with van der Waals surface area (Å²) < 4.78 is 0. The maximum absolute atomic E-state index is 12.2. The molecule has 1 heterocycles. The van der Waals surface area contributed by atoms with Crippen LogP contribution >= 0.6 is 0 Å². The molecular formula is C13H24N2O2. The fourth-order valence-corrected chi connectivity index (χ4v) is 2.29. The van der Waals surface area contributed by atoms with Crippen molar-refractivity contribution in [2.24, 2.45) is 11.7 Å². The van der Waals surface area contributed by atoms with E-state index in [1.54, 1.807) is 4.90 Å². The minimum Gasteiger partial charge on any atom is -0.331 e. The van der Waals surface area contributed by atoms with Crippen LogP contribution in [0.2, 0.25) is 0 Å². The quantitative estimate of drug-likeness (QED) is 0.788. The topological polar surface area (TPSA) is 63.4 Å². The molecule has 1 aliphatic heterocycles. The number of hydrogen-bond donors (Lipinski definition) is 1. The summed E-state index contributed by atoms with van der Waals surface area (Å²) in [5.41, 5.74) is 5.95. The van der Waals surface area contributed by atoms with Crippen molar-refractivity contribution in [1.82, 2.24) is 4.90 Å². The largest absolute Gasteiger partial charge is 0.331 e. The summed E-state index contributed by atoms with van der Waals surface area (Å²) >= 11 is 0. The van der Waals surface area contributed by atoms with Crippen LogP contribution in [0, 0.1) is 5.92 Å². The van der Waals surface area contributed by atoms with Gasteiger partial charge in [0.2, 0.25) is 5.91 Å². The molecule has 0 aliphatic carbocycles. The van der Waals surface area contributed by atoms with E-state index in [1.807, 2.05) is 20.8 Å². The van der Waals surface area contributed by atoms with E-state index in [0.717, 1.165) is 19.3 Å². The molecule has 0 aromatic heterocycles. The summed E-state index contributed by atoms with van der Waals surface area (Å²) in [4.78, 5) is 25.7. The van der Waals surface area contributed by atoms with Crippen molar-refractivity contribution in [3.05, 3.63) is 0 Å². The van der Waals surface area contributed by atoms with E-state index in [2.05, 4.69) is 0 Å². The molecule has 4 heteroatoms. The zero-order valence-electron chi connectivity index (χ0n) is 11.1. The number of likely N-dealkylation sites (tertiary alicyclic amines) is 1. The van der Waals surface area contributed by atoms with Crippen molar-refractivity contribution in [2.45, 2.75) is 58.5 Å². The number of nitrogens with zero attached hydrogens (tertiary/aromatic N) is 1. The van der Waals surface area contributed by atoms with Crippen LogP contribution in [-0.2, 0) is 9.59 Å². The first kappa shape index (κ1) is 14.2. The van der Waals surface area contributed by atoms with Gasteiger partial charge in [-0.15, -0.1) is 0 Å². The van der Waals surface area contributed by atoms with Crippen molar-refractivity contribution in [3.63, 3.8) is 0 Å². The zero-order chi connectivity index (χ0) is 13.0. The van der Waals surface area contributed by atoms with E-state index in [0.29, 0.717) is 13.0 Å². The number of ketones is 1. The van der Waals surface area contributed by atoms with E-state index < -0.39 is 6.04 Å². The number of carbonyl (C=O) groups is 2. The van der Waals surface area contributed by atoms with Gasteiger partial charge in [-0.2, -0.15) is 0 Å². The fourth-order valence-electron chi connectivity index (χ4n) is 2.29. The monoisotopic (exact) mass is 240 g/mol. The standard InChI is InChI=1S/C13H24N2O2/c1-4-9(3)12(14)13(17)15-8-6-7-10(15)11(16)5-2/h9-10,12H,4-8,14H2,1-3H3. The molecule has 98 valence electrons. The molecule has 1 fully saturated rings. The second kappa shape index (κ2) is 6.15. The van der Waals surface area contributed by atoms with Gasteiger partial charge in [0.1, 0.15) is 0 Å². The highest BCUT2D eigenvalue weighted by molar-refractivity contribution is 5.91. The Morgan fingerprint density at radius 2 is 2.06 bits per heavy atom. The molecule has 1 saturated heterocycles. The van der Waals surface area contributed by atoms with Gasteiger partial charge < -0.3 is 10.6 Å². The summed E-state index contributed by atoms with van der Waals surface area (Å²) in [5.74, 6) is 0.274. The van der Waals surface area contributed by atoms with Gasteiger partial charge in [0.25, 0.3) is 0 Å². The highest BCUT2D eigenvalue weighted by Crippen LogP contribution is 2.21. The smallest absolute Gasteiger partial charge is 0.240 e. The predicted molar refractivity (Wildman–Crippen MR) is 67.5 cm³/mol. The summed E-state index contributed by atoms with van der Waals surface area (Å²) in [6, 6.07) is -0.687. The van der Waals surface area contributed by atoms with E-state index >= 15 is 0 Å². The maximum atomic E-state index is 12.2. The Morgan fingerprint density at radius 1 is 1.41 bits per heavy atom. The number of rotatable bonds is 5. The third-order valence-electron chi connectivity index (χ3n) is 3.80. The van der Waals surface area contributed by atoms with Crippen LogP contribution in [0.1, 0.15) is 46.5 Å². The van der Waals surface area contributed by atoms with Crippen molar-refractivity contribution < 1.29 is 9.59 Å². The molecule has 0 radical (unpaired) electrons. The molecule has 3 unspecified atom stereocenters. The van der Waals surface area contributed by atoms with Gasteiger partial charge in [0.05, 0.1) is 12.1 Å². The average Bonchev–Trinajstić information content (AvgIpc) is 2.83. The summed E-state index contributed by atoms with van der Waals surface area (Å²) in [7, 11) is 0. The highest BCUT2D eigenvalue weighted by atomic mass is 16.2. The fraction of sp³-hybridized carbons (Fsp3) is 0.846. The molecule has 0 aromatic rings. The van der Waals surface area contributed by atoms with Gasteiger partial charge in [0, 0.05) is 13.0 Å².